The van der Waals surface area contributed by atoms with Gasteiger partial charge in [-0.1, -0.05) is 17.7 Å². The Morgan fingerprint density at radius 2 is 1.79 bits per heavy atom. The van der Waals surface area contributed by atoms with Gasteiger partial charge in [0, 0.05) is 11.4 Å². The molecule has 1 rings (SSSR count). The summed E-state index contributed by atoms with van der Waals surface area (Å²) in [5.41, 5.74) is 3.09. The van der Waals surface area contributed by atoms with E-state index in [2.05, 4.69) is 5.32 Å². The molecule has 14 heavy (non-hydrogen) atoms. The first-order chi connectivity index (χ1) is 6.58. The van der Waals surface area contributed by atoms with Gasteiger partial charge in [0.25, 0.3) is 0 Å². The highest BCUT2D eigenvalue weighted by Gasteiger charge is 1.93. The third-order valence-electron chi connectivity index (χ3n) is 1.81. The molecule has 0 radical (unpaired) electrons. The second-order valence-electron chi connectivity index (χ2n) is 3.43. The molecule has 0 aromatic heterocycles. The van der Waals surface area contributed by atoms with E-state index < -0.39 is 0 Å². The summed E-state index contributed by atoms with van der Waals surface area (Å²) in [5, 5.41) is 3.14. The molecule has 0 aliphatic heterocycles. The minimum Gasteiger partial charge on any atom is -0.359 e. The van der Waals surface area contributed by atoms with E-state index in [9.17, 15) is 4.79 Å². The number of benzene rings is 1. The monoisotopic (exact) mass is 189 g/mol. The molecular formula is C12H15NO. The summed E-state index contributed by atoms with van der Waals surface area (Å²) in [7, 11) is 0. The highest BCUT2D eigenvalue weighted by atomic mass is 16.1. The summed E-state index contributed by atoms with van der Waals surface area (Å²) >= 11 is 0. The van der Waals surface area contributed by atoms with Crippen molar-refractivity contribution in [2.45, 2.75) is 20.8 Å². The maximum absolute atomic E-state index is 10.8. The summed E-state index contributed by atoms with van der Waals surface area (Å²) in [5.74, 6) is 0.0575. The predicted molar refractivity (Wildman–Crippen MR) is 59.2 cm³/mol. The molecule has 0 atom stereocenters. The lowest BCUT2D eigenvalue weighted by molar-refractivity contribution is -0.112. The van der Waals surface area contributed by atoms with Crippen LogP contribution in [-0.4, -0.2) is 5.78 Å². The highest BCUT2D eigenvalue weighted by molar-refractivity contribution is 5.88. The van der Waals surface area contributed by atoms with Crippen LogP contribution < -0.4 is 5.32 Å². The van der Waals surface area contributed by atoms with Gasteiger partial charge >= 0.3 is 0 Å². The van der Waals surface area contributed by atoms with Gasteiger partial charge in [-0.25, -0.2) is 0 Å². The quantitative estimate of drug-likeness (QED) is 0.741. The van der Waals surface area contributed by atoms with Crippen LogP contribution in [0.5, 0.6) is 0 Å². The van der Waals surface area contributed by atoms with Crippen molar-refractivity contribution in [2.75, 3.05) is 5.32 Å². The number of nitrogens with one attached hydrogen (secondary N) is 1. The summed E-state index contributed by atoms with van der Waals surface area (Å²) in [4.78, 5) is 10.8. The van der Waals surface area contributed by atoms with E-state index in [-0.39, 0.29) is 5.78 Å². The maximum Gasteiger partial charge on any atom is 0.154 e. The minimum atomic E-state index is 0.0575. The Balaban J connectivity index is 2.69. The summed E-state index contributed by atoms with van der Waals surface area (Å²) in [6.45, 7) is 5.46. The second kappa shape index (κ2) is 4.61. The number of ketones is 1. The van der Waals surface area contributed by atoms with Crippen LogP contribution >= 0.6 is 0 Å². The zero-order chi connectivity index (χ0) is 10.6. The molecule has 1 N–H and O–H groups in total. The second-order valence-corrected chi connectivity index (χ2v) is 3.43. The van der Waals surface area contributed by atoms with Crippen molar-refractivity contribution in [3.8, 4) is 0 Å². The molecule has 74 valence electrons. The Morgan fingerprint density at radius 1 is 1.21 bits per heavy atom. The molecule has 0 aliphatic rings. The topological polar surface area (TPSA) is 29.1 Å². The van der Waals surface area contributed by atoms with Crippen LogP contribution in [0, 0.1) is 6.92 Å². The number of carbonyl (C=O) groups is 1. The van der Waals surface area contributed by atoms with Crippen molar-refractivity contribution in [2.24, 2.45) is 0 Å². The van der Waals surface area contributed by atoms with Crippen molar-refractivity contribution in [1.29, 1.82) is 0 Å². The predicted octanol–water partition coefficient (Wildman–Crippen LogP) is 2.90. The van der Waals surface area contributed by atoms with Gasteiger partial charge in [0.1, 0.15) is 0 Å². The standard InChI is InChI=1S/C12H15NO/c1-9-4-6-12(7-5-9)13-10(2)8-11(3)14/h4-8,13H,1-3H3/b10-8-. The number of hydrogen-bond donors (Lipinski definition) is 1. The molecule has 0 fully saturated rings. The average molecular weight is 189 g/mol. The lowest BCUT2D eigenvalue weighted by Gasteiger charge is -2.05. The van der Waals surface area contributed by atoms with Gasteiger partial charge in [-0.3, -0.25) is 4.79 Å². The average Bonchev–Trinajstić information content (AvgIpc) is 2.07. The number of aryl methyl sites for hydroxylation is 1. The number of allylic oxidation sites excluding steroid dienone is 2. The van der Waals surface area contributed by atoms with E-state index in [1.165, 1.54) is 5.56 Å². The molecule has 0 bridgehead atoms. The van der Waals surface area contributed by atoms with E-state index in [0.29, 0.717) is 0 Å². The lowest BCUT2D eigenvalue weighted by atomic mass is 10.2. The Hall–Kier alpha value is -1.57. The van der Waals surface area contributed by atoms with Crippen LogP contribution in [0.1, 0.15) is 19.4 Å². The largest absolute Gasteiger partial charge is 0.359 e. The third-order valence-corrected chi connectivity index (χ3v) is 1.81. The highest BCUT2D eigenvalue weighted by Crippen LogP contribution is 2.10. The van der Waals surface area contributed by atoms with Crippen molar-refractivity contribution in [3.05, 3.63) is 41.6 Å². The molecule has 2 heteroatoms. The molecule has 0 amide bonds. The Bertz CT molecular complexity index is 349. The van der Waals surface area contributed by atoms with Gasteiger partial charge in [0.2, 0.25) is 0 Å². The molecule has 1 aromatic carbocycles. The maximum atomic E-state index is 10.8. The molecule has 0 saturated carbocycles. The number of hydrogen-bond acceptors (Lipinski definition) is 2. The number of carbonyl (C=O) groups excluding carboxylic acids is 1. The van der Waals surface area contributed by atoms with Gasteiger partial charge in [-0.2, -0.15) is 0 Å². The van der Waals surface area contributed by atoms with Crippen molar-refractivity contribution >= 4 is 11.5 Å². The molecular weight excluding hydrogens is 174 g/mol. The van der Waals surface area contributed by atoms with Gasteiger partial charge in [-0.05, 0) is 39.0 Å². The van der Waals surface area contributed by atoms with Crippen molar-refractivity contribution in [1.82, 2.24) is 0 Å². The number of rotatable bonds is 3. The SMILES string of the molecule is CC(=O)/C=C(/C)Nc1ccc(C)cc1. The van der Waals surface area contributed by atoms with E-state index in [1.807, 2.05) is 38.1 Å². The Morgan fingerprint density at radius 3 is 2.29 bits per heavy atom. The first-order valence-corrected chi connectivity index (χ1v) is 4.60. The number of anilines is 1. The van der Waals surface area contributed by atoms with E-state index in [0.717, 1.165) is 11.4 Å². The van der Waals surface area contributed by atoms with Crippen LogP contribution in [0.3, 0.4) is 0 Å². The molecule has 0 aliphatic carbocycles. The molecule has 1 aromatic rings. The van der Waals surface area contributed by atoms with Crippen LogP contribution in [0.15, 0.2) is 36.0 Å². The van der Waals surface area contributed by atoms with Crippen LogP contribution in [0.2, 0.25) is 0 Å². The van der Waals surface area contributed by atoms with Crippen molar-refractivity contribution in [3.63, 3.8) is 0 Å². The summed E-state index contributed by atoms with van der Waals surface area (Å²) < 4.78 is 0. The zero-order valence-electron chi connectivity index (χ0n) is 8.79. The van der Waals surface area contributed by atoms with E-state index in [4.69, 9.17) is 0 Å². The summed E-state index contributed by atoms with van der Waals surface area (Å²) in [6, 6.07) is 8.05. The molecule has 0 heterocycles. The molecule has 0 saturated heterocycles. The zero-order valence-corrected chi connectivity index (χ0v) is 8.79. The minimum absolute atomic E-state index is 0.0575. The van der Waals surface area contributed by atoms with E-state index >= 15 is 0 Å². The normalized spacial score (nSPS) is 11.2. The fraction of sp³-hybridized carbons (Fsp3) is 0.250. The first-order valence-electron chi connectivity index (χ1n) is 4.60. The van der Waals surface area contributed by atoms with Crippen LogP contribution in [0.25, 0.3) is 0 Å². The van der Waals surface area contributed by atoms with Crippen molar-refractivity contribution < 1.29 is 4.79 Å². The van der Waals surface area contributed by atoms with Gasteiger partial charge in [-0.15, -0.1) is 0 Å². The van der Waals surface area contributed by atoms with Crippen LogP contribution in [-0.2, 0) is 4.79 Å². The fourth-order valence-corrected chi connectivity index (χ4v) is 1.21. The smallest absolute Gasteiger partial charge is 0.154 e. The van der Waals surface area contributed by atoms with Crippen LogP contribution in [0.4, 0.5) is 5.69 Å². The first kappa shape index (κ1) is 10.5. The van der Waals surface area contributed by atoms with Gasteiger partial charge < -0.3 is 5.32 Å². The molecule has 0 spiro atoms. The lowest BCUT2D eigenvalue weighted by Crippen LogP contribution is -1.97. The van der Waals surface area contributed by atoms with Gasteiger partial charge in [0.15, 0.2) is 5.78 Å². The van der Waals surface area contributed by atoms with Gasteiger partial charge in [0.05, 0.1) is 0 Å². The third kappa shape index (κ3) is 3.44. The van der Waals surface area contributed by atoms with E-state index in [1.54, 1.807) is 13.0 Å². The molecule has 2 nitrogen and oxygen atoms in total. The Labute approximate surface area is 84.6 Å². The summed E-state index contributed by atoms with van der Waals surface area (Å²) in [6.07, 6.45) is 1.58. The fourth-order valence-electron chi connectivity index (χ4n) is 1.21. The Kier molecular flexibility index (Phi) is 3.46. The molecule has 0 unspecified atom stereocenters.